The summed E-state index contributed by atoms with van der Waals surface area (Å²) in [6, 6.07) is 14.7. The first-order valence-corrected chi connectivity index (χ1v) is 8.84. The van der Waals surface area contributed by atoms with Crippen LogP contribution in [-0.2, 0) is 7.05 Å². The fraction of sp³-hybridized carbons (Fsp3) is 0.190. The molecule has 6 heteroatoms. The molecule has 0 bridgehead atoms. The van der Waals surface area contributed by atoms with Crippen molar-refractivity contribution in [3.63, 3.8) is 0 Å². The van der Waals surface area contributed by atoms with Gasteiger partial charge in [0.05, 0.1) is 5.39 Å². The zero-order valence-corrected chi connectivity index (χ0v) is 15.4. The molecule has 1 amide bonds. The van der Waals surface area contributed by atoms with Gasteiger partial charge in [0.2, 0.25) is 0 Å². The largest absolute Gasteiger partial charge is 0.324 e. The molecule has 0 spiro atoms. The molecule has 4 aromatic rings. The number of carbonyl (C=O) groups is 1. The maximum Gasteiger partial charge on any atom is 0.272 e. The van der Waals surface area contributed by atoms with E-state index < -0.39 is 0 Å². The summed E-state index contributed by atoms with van der Waals surface area (Å²) in [4.78, 5) is 30.0. The van der Waals surface area contributed by atoms with Crippen molar-refractivity contribution in [1.82, 2.24) is 14.0 Å². The van der Waals surface area contributed by atoms with Crippen molar-refractivity contribution in [2.24, 2.45) is 7.05 Å². The van der Waals surface area contributed by atoms with E-state index in [-0.39, 0.29) is 11.5 Å². The van der Waals surface area contributed by atoms with E-state index in [9.17, 15) is 9.59 Å². The Morgan fingerprint density at radius 2 is 1.85 bits per heavy atom. The van der Waals surface area contributed by atoms with Crippen molar-refractivity contribution >= 4 is 28.3 Å². The quantitative estimate of drug-likeness (QED) is 0.607. The molecule has 1 aromatic carbocycles. The molecule has 0 atom stereocenters. The Labute approximate surface area is 156 Å². The molecule has 3 aromatic heterocycles. The first-order valence-electron chi connectivity index (χ1n) is 8.84. The van der Waals surface area contributed by atoms with Gasteiger partial charge >= 0.3 is 0 Å². The van der Waals surface area contributed by atoms with Gasteiger partial charge in [-0.3, -0.25) is 14.0 Å². The van der Waals surface area contributed by atoms with Crippen LogP contribution in [0.2, 0.25) is 0 Å². The fourth-order valence-corrected chi connectivity index (χ4v) is 3.19. The van der Waals surface area contributed by atoms with E-state index in [2.05, 4.69) is 24.1 Å². The number of aryl methyl sites for hydroxylation is 1. The molecule has 0 aliphatic rings. The predicted molar refractivity (Wildman–Crippen MR) is 106 cm³/mol. The van der Waals surface area contributed by atoms with Crippen molar-refractivity contribution < 1.29 is 4.79 Å². The minimum Gasteiger partial charge on any atom is -0.324 e. The highest BCUT2D eigenvalue weighted by Crippen LogP contribution is 2.19. The lowest BCUT2D eigenvalue weighted by atomic mass is 10.0. The Hall–Kier alpha value is -3.41. The maximum atomic E-state index is 12.8. The van der Waals surface area contributed by atoms with Gasteiger partial charge in [-0.2, -0.15) is 0 Å². The third-order valence-electron chi connectivity index (χ3n) is 4.78. The van der Waals surface area contributed by atoms with Crippen LogP contribution in [0.5, 0.6) is 0 Å². The van der Waals surface area contributed by atoms with Crippen LogP contribution in [0.3, 0.4) is 0 Å². The van der Waals surface area contributed by atoms with Gasteiger partial charge in [0.15, 0.2) is 0 Å². The molecule has 136 valence electrons. The Morgan fingerprint density at radius 3 is 2.56 bits per heavy atom. The van der Waals surface area contributed by atoms with Crippen LogP contribution in [0.15, 0.2) is 59.5 Å². The lowest BCUT2D eigenvalue weighted by Gasteiger charge is -2.09. The lowest BCUT2D eigenvalue weighted by molar-refractivity contribution is 0.101. The number of aromatic nitrogens is 3. The van der Waals surface area contributed by atoms with Gasteiger partial charge in [0, 0.05) is 18.9 Å². The zero-order chi connectivity index (χ0) is 19.1. The molecule has 0 fully saturated rings. The molecule has 6 nitrogen and oxygen atoms in total. The molecule has 0 unspecified atom stereocenters. The molecule has 4 rings (SSSR count). The Morgan fingerprint density at radius 1 is 1.11 bits per heavy atom. The van der Waals surface area contributed by atoms with E-state index in [1.54, 1.807) is 36.0 Å². The third-order valence-corrected chi connectivity index (χ3v) is 4.78. The molecule has 0 aliphatic heterocycles. The van der Waals surface area contributed by atoms with Crippen LogP contribution in [0.1, 0.15) is 35.8 Å². The number of fused-ring (bicyclic) bond motifs is 2. The van der Waals surface area contributed by atoms with E-state index in [1.807, 2.05) is 30.3 Å². The molecule has 0 radical (unpaired) electrons. The summed E-state index contributed by atoms with van der Waals surface area (Å²) in [5.41, 5.74) is 3.16. The zero-order valence-electron chi connectivity index (χ0n) is 15.4. The van der Waals surface area contributed by atoms with Gasteiger partial charge in [-0.15, -0.1) is 0 Å². The number of pyridine rings is 1. The van der Waals surface area contributed by atoms with E-state index in [1.165, 1.54) is 9.96 Å². The first-order chi connectivity index (χ1) is 13.0. The summed E-state index contributed by atoms with van der Waals surface area (Å²) >= 11 is 0. The first kappa shape index (κ1) is 17.0. The number of nitrogens with zero attached hydrogens (tertiary/aromatic N) is 3. The van der Waals surface area contributed by atoms with Crippen LogP contribution in [-0.4, -0.2) is 19.9 Å². The van der Waals surface area contributed by atoms with Gasteiger partial charge in [-0.05, 0) is 41.8 Å². The van der Waals surface area contributed by atoms with Crippen LogP contribution >= 0.6 is 0 Å². The smallest absolute Gasteiger partial charge is 0.272 e. The second-order valence-electron chi connectivity index (χ2n) is 6.90. The summed E-state index contributed by atoms with van der Waals surface area (Å²) in [5, 5.41) is 3.31. The van der Waals surface area contributed by atoms with E-state index >= 15 is 0 Å². The SMILES string of the molecule is CC(C)c1ccc(NC(=O)c2cc3c(=O)n4ccccc4nc3n2C)cc1. The number of benzene rings is 1. The minimum absolute atomic E-state index is 0.188. The van der Waals surface area contributed by atoms with Crippen molar-refractivity contribution in [2.45, 2.75) is 19.8 Å². The van der Waals surface area contributed by atoms with E-state index in [0.29, 0.717) is 34.0 Å². The fourth-order valence-electron chi connectivity index (χ4n) is 3.19. The molecule has 27 heavy (non-hydrogen) atoms. The molecule has 1 N–H and O–H groups in total. The van der Waals surface area contributed by atoms with Crippen LogP contribution in [0, 0.1) is 0 Å². The topological polar surface area (TPSA) is 68.4 Å². The summed E-state index contributed by atoms with van der Waals surface area (Å²) in [7, 11) is 1.74. The van der Waals surface area contributed by atoms with Gasteiger partial charge in [0.25, 0.3) is 11.5 Å². The Kier molecular flexibility index (Phi) is 4.03. The molecular formula is C21H20N4O2. The lowest BCUT2D eigenvalue weighted by Crippen LogP contribution is -2.16. The van der Waals surface area contributed by atoms with Crippen molar-refractivity contribution in [3.05, 3.63) is 76.3 Å². The summed E-state index contributed by atoms with van der Waals surface area (Å²) in [5.74, 6) is 0.155. The Bertz CT molecular complexity index is 1220. The average molecular weight is 360 g/mol. The number of nitrogens with one attached hydrogen (secondary N) is 1. The van der Waals surface area contributed by atoms with Crippen molar-refractivity contribution in [3.8, 4) is 0 Å². The highest BCUT2D eigenvalue weighted by atomic mass is 16.2. The monoisotopic (exact) mass is 360 g/mol. The average Bonchev–Trinajstić information content (AvgIpc) is 3.00. The Balaban J connectivity index is 1.73. The van der Waals surface area contributed by atoms with Crippen LogP contribution in [0.4, 0.5) is 5.69 Å². The highest BCUT2D eigenvalue weighted by molar-refractivity contribution is 6.06. The minimum atomic E-state index is -0.277. The molecule has 0 aliphatic carbocycles. The standard InChI is InChI=1S/C21H20N4O2/c1-13(2)14-7-9-15(10-8-14)22-20(26)17-12-16-19(24(17)3)23-18-6-4-5-11-25(18)21(16)27/h4-13H,1-3H3,(H,22,26). The highest BCUT2D eigenvalue weighted by Gasteiger charge is 2.17. The molecule has 0 saturated heterocycles. The van der Waals surface area contributed by atoms with Gasteiger partial charge < -0.3 is 9.88 Å². The van der Waals surface area contributed by atoms with Crippen molar-refractivity contribution in [2.75, 3.05) is 5.32 Å². The van der Waals surface area contributed by atoms with Gasteiger partial charge in [-0.1, -0.05) is 32.0 Å². The van der Waals surface area contributed by atoms with Crippen LogP contribution < -0.4 is 10.9 Å². The summed E-state index contributed by atoms with van der Waals surface area (Å²) in [6.45, 7) is 4.25. The second kappa shape index (κ2) is 6.39. The van der Waals surface area contributed by atoms with E-state index in [0.717, 1.165) is 0 Å². The summed E-state index contributed by atoms with van der Waals surface area (Å²) in [6.07, 6.45) is 1.67. The molecular weight excluding hydrogens is 340 g/mol. The normalized spacial score (nSPS) is 11.4. The van der Waals surface area contributed by atoms with Gasteiger partial charge in [0.1, 0.15) is 17.0 Å². The number of hydrogen-bond donors (Lipinski definition) is 1. The van der Waals surface area contributed by atoms with Crippen molar-refractivity contribution in [1.29, 1.82) is 0 Å². The third kappa shape index (κ3) is 2.89. The molecule has 0 saturated carbocycles. The number of amides is 1. The summed E-state index contributed by atoms with van der Waals surface area (Å²) < 4.78 is 3.14. The van der Waals surface area contributed by atoms with E-state index in [4.69, 9.17) is 0 Å². The maximum absolute atomic E-state index is 12.8. The number of hydrogen-bond acceptors (Lipinski definition) is 3. The number of rotatable bonds is 3. The van der Waals surface area contributed by atoms with Gasteiger partial charge in [-0.25, -0.2) is 4.98 Å². The van der Waals surface area contributed by atoms with Crippen LogP contribution in [0.25, 0.3) is 16.7 Å². The predicted octanol–water partition coefficient (Wildman–Crippen LogP) is 3.56. The number of carbonyl (C=O) groups excluding carboxylic acids is 1. The second-order valence-corrected chi connectivity index (χ2v) is 6.90. The number of anilines is 1. The molecule has 3 heterocycles.